The summed E-state index contributed by atoms with van der Waals surface area (Å²) in [7, 11) is 0. The van der Waals surface area contributed by atoms with Crippen molar-refractivity contribution in [2.45, 2.75) is 17.7 Å². The van der Waals surface area contributed by atoms with Crippen molar-refractivity contribution in [3.63, 3.8) is 0 Å². The van der Waals surface area contributed by atoms with Gasteiger partial charge in [0.25, 0.3) is 0 Å². The van der Waals surface area contributed by atoms with Gasteiger partial charge in [0.1, 0.15) is 0 Å². The predicted octanol–water partition coefficient (Wildman–Crippen LogP) is 2.88. The zero-order chi connectivity index (χ0) is 9.60. The molecule has 74 valence electrons. The highest BCUT2D eigenvalue weighted by atomic mass is 79.9. The lowest BCUT2D eigenvalue weighted by Gasteiger charge is -2.23. The zero-order valence-corrected chi connectivity index (χ0v) is 10.2. The lowest BCUT2D eigenvalue weighted by atomic mass is 10.1. The summed E-state index contributed by atoms with van der Waals surface area (Å²) in [4.78, 5) is 0.260. The molecule has 1 N–H and O–H groups in total. The highest BCUT2D eigenvalue weighted by Crippen LogP contribution is 2.47. The second-order valence-electron chi connectivity index (χ2n) is 3.90. The number of benzene rings is 1. The molecular formula is C11H12BrNS. The Labute approximate surface area is 96.8 Å². The van der Waals surface area contributed by atoms with Crippen LogP contribution in [0.5, 0.6) is 0 Å². The summed E-state index contributed by atoms with van der Waals surface area (Å²) in [5.74, 6) is 1.25. The number of fused-ring (bicyclic) bond motifs is 2. The van der Waals surface area contributed by atoms with Gasteiger partial charge < -0.3 is 0 Å². The fourth-order valence-corrected chi connectivity index (χ4v) is 4.24. The van der Waals surface area contributed by atoms with E-state index in [0.717, 1.165) is 6.54 Å². The molecule has 1 aromatic carbocycles. The molecule has 0 radical (unpaired) electrons. The van der Waals surface area contributed by atoms with Gasteiger partial charge in [-0.25, -0.2) is 0 Å². The van der Waals surface area contributed by atoms with Crippen LogP contribution in [0, 0.1) is 0 Å². The average Bonchev–Trinajstić information content (AvgIpc) is 2.77. The number of rotatable bonds is 0. The van der Waals surface area contributed by atoms with Crippen molar-refractivity contribution >= 4 is 27.7 Å². The Morgan fingerprint density at radius 3 is 3.14 bits per heavy atom. The van der Waals surface area contributed by atoms with Crippen LogP contribution in [0.25, 0.3) is 0 Å². The van der Waals surface area contributed by atoms with Crippen molar-refractivity contribution in [1.82, 2.24) is 5.32 Å². The van der Waals surface area contributed by atoms with Crippen LogP contribution >= 0.6 is 27.7 Å². The molecule has 1 nitrogen and oxygen atoms in total. The first-order valence-electron chi connectivity index (χ1n) is 4.98. The maximum absolute atomic E-state index is 3.66. The summed E-state index contributed by atoms with van der Waals surface area (Å²) in [5.41, 5.74) is 3.03. The van der Waals surface area contributed by atoms with Gasteiger partial charge in [0.2, 0.25) is 0 Å². The van der Waals surface area contributed by atoms with Crippen LogP contribution in [-0.4, -0.2) is 12.3 Å². The van der Waals surface area contributed by atoms with Crippen LogP contribution in [0.3, 0.4) is 0 Å². The molecule has 3 heteroatoms. The Hall–Kier alpha value is 0.01000. The molecule has 0 bridgehead atoms. The van der Waals surface area contributed by atoms with Crippen molar-refractivity contribution in [2.75, 3.05) is 12.3 Å². The summed E-state index contributed by atoms with van der Waals surface area (Å²) in [6.45, 7) is 1.15. The van der Waals surface area contributed by atoms with Gasteiger partial charge in [-0.3, -0.25) is 5.32 Å². The molecule has 1 unspecified atom stereocenters. The highest BCUT2D eigenvalue weighted by Gasteiger charge is 2.41. The Bertz CT molecular complexity index is 372. The topological polar surface area (TPSA) is 12.0 Å². The van der Waals surface area contributed by atoms with Crippen LogP contribution in [0.15, 0.2) is 22.7 Å². The predicted molar refractivity (Wildman–Crippen MR) is 64.6 cm³/mol. The normalized spacial score (nSPS) is 29.8. The minimum atomic E-state index is 0.260. The number of nitrogens with one attached hydrogen (secondary N) is 1. The van der Waals surface area contributed by atoms with Gasteiger partial charge in [-0.1, -0.05) is 22.0 Å². The number of hydrogen-bond donors (Lipinski definition) is 1. The van der Waals surface area contributed by atoms with E-state index < -0.39 is 0 Å². The van der Waals surface area contributed by atoms with Crippen molar-refractivity contribution in [2.24, 2.45) is 0 Å². The lowest BCUT2D eigenvalue weighted by Crippen LogP contribution is -2.31. The van der Waals surface area contributed by atoms with Crippen LogP contribution < -0.4 is 5.32 Å². The maximum atomic E-state index is 3.66. The fourth-order valence-electron chi connectivity index (χ4n) is 2.47. The maximum Gasteiger partial charge on any atom is 0.0907 e. The molecule has 2 aliphatic rings. The van der Waals surface area contributed by atoms with E-state index in [1.165, 1.54) is 34.2 Å². The Morgan fingerprint density at radius 1 is 1.43 bits per heavy atom. The molecule has 1 aromatic rings. The smallest absolute Gasteiger partial charge is 0.0907 e. The number of aryl methyl sites for hydroxylation is 1. The summed E-state index contributed by atoms with van der Waals surface area (Å²) in [6.07, 6.45) is 2.47. The number of halogens is 1. The Kier molecular flexibility index (Phi) is 2.15. The van der Waals surface area contributed by atoms with E-state index in [0.29, 0.717) is 0 Å². The van der Waals surface area contributed by atoms with Gasteiger partial charge in [-0.05, 0) is 36.1 Å². The molecule has 1 aliphatic carbocycles. The summed E-state index contributed by atoms with van der Waals surface area (Å²) >= 11 is 5.61. The van der Waals surface area contributed by atoms with Crippen LogP contribution in [0.2, 0.25) is 0 Å². The standard InChI is InChI=1S/C11H12BrNS/c12-9-1-2-10-8(7-9)3-4-11(10)13-5-6-14-11/h1-2,7,13H,3-6H2. The summed E-state index contributed by atoms with van der Waals surface area (Å²) < 4.78 is 1.20. The molecule has 1 fully saturated rings. The summed E-state index contributed by atoms with van der Waals surface area (Å²) in [5, 5.41) is 3.66. The number of thioether (sulfide) groups is 1. The molecule has 1 spiro atoms. The molecule has 3 rings (SSSR count). The molecule has 1 atom stereocenters. The quantitative estimate of drug-likeness (QED) is 0.778. The van der Waals surface area contributed by atoms with Crippen molar-refractivity contribution in [3.8, 4) is 0 Å². The Morgan fingerprint density at radius 2 is 2.36 bits per heavy atom. The second kappa shape index (κ2) is 3.26. The lowest BCUT2D eigenvalue weighted by molar-refractivity contribution is 0.522. The van der Waals surface area contributed by atoms with E-state index in [9.17, 15) is 0 Å². The molecule has 1 saturated heterocycles. The Balaban J connectivity index is 2.09. The largest absolute Gasteiger partial charge is 0.298 e. The van der Waals surface area contributed by atoms with Gasteiger partial charge in [-0.15, -0.1) is 11.8 Å². The third-order valence-electron chi connectivity index (χ3n) is 3.11. The minimum Gasteiger partial charge on any atom is -0.298 e. The molecule has 1 aliphatic heterocycles. The van der Waals surface area contributed by atoms with Gasteiger partial charge in [0, 0.05) is 16.8 Å². The minimum absolute atomic E-state index is 0.260. The van der Waals surface area contributed by atoms with E-state index in [2.05, 4.69) is 51.2 Å². The van der Waals surface area contributed by atoms with E-state index >= 15 is 0 Å². The van der Waals surface area contributed by atoms with Crippen LogP contribution in [0.1, 0.15) is 17.5 Å². The zero-order valence-electron chi connectivity index (χ0n) is 7.85. The third kappa shape index (κ3) is 1.26. The first-order valence-corrected chi connectivity index (χ1v) is 6.76. The first kappa shape index (κ1) is 9.25. The van der Waals surface area contributed by atoms with Gasteiger partial charge in [0.15, 0.2) is 0 Å². The first-order chi connectivity index (χ1) is 6.80. The summed E-state index contributed by atoms with van der Waals surface area (Å²) in [6, 6.07) is 6.70. The monoisotopic (exact) mass is 269 g/mol. The van der Waals surface area contributed by atoms with E-state index in [1.54, 1.807) is 0 Å². The number of hydrogen-bond acceptors (Lipinski definition) is 2. The second-order valence-corrected chi connectivity index (χ2v) is 6.21. The van der Waals surface area contributed by atoms with Gasteiger partial charge in [0.05, 0.1) is 4.87 Å². The molecule has 14 heavy (non-hydrogen) atoms. The molecule has 1 heterocycles. The average molecular weight is 270 g/mol. The molecule has 0 aromatic heterocycles. The van der Waals surface area contributed by atoms with Crippen molar-refractivity contribution in [3.05, 3.63) is 33.8 Å². The van der Waals surface area contributed by atoms with Crippen LogP contribution in [0.4, 0.5) is 0 Å². The SMILES string of the molecule is Brc1ccc2c(c1)CCC21NCCS1. The highest BCUT2D eigenvalue weighted by molar-refractivity contribution is 9.10. The molecular weight excluding hydrogens is 258 g/mol. The van der Waals surface area contributed by atoms with Crippen LogP contribution in [-0.2, 0) is 11.3 Å². The van der Waals surface area contributed by atoms with Crippen molar-refractivity contribution < 1.29 is 0 Å². The fraction of sp³-hybridized carbons (Fsp3) is 0.455. The van der Waals surface area contributed by atoms with E-state index in [-0.39, 0.29) is 4.87 Å². The molecule has 0 saturated carbocycles. The molecule has 0 amide bonds. The van der Waals surface area contributed by atoms with Gasteiger partial charge >= 0.3 is 0 Å². The van der Waals surface area contributed by atoms with E-state index in [4.69, 9.17) is 0 Å². The van der Waals surface area contributed by atoms with Crippen molar-refractivity contribution in [1.29, 1.82) is 0 Å². The third-order valence-corrected chi connectivity index (χ3v) is 5.07. The van der Waals surface area contributed by atoms with E-state index in [1.807, 2.05) is 0 Å². The van der Waals surface area contributed by atoms with Gasteiger partial charge in [-0.2, -0.15) is 0 Å².